The Morgan fingerprint density at radius 2 is 2.10 bits per heavy atom. The first-order valence-corrected chi connectivity index (χ1v) is 7.28. The fraction of sp³-hybridized carbons (Fsp3) is 0.375. The number of aryl methyl sites for hydroxylation is 3. The lowest BCUT2D eigenvalue weighted by atomic mass is 10.2. The van der Waals surface area contributed by atoms with Crippen molar-refractivity contribution in [1.82, 2.24) is 9.78 Å². The van der Waals surface area contributed by atoms with E-state index in [0.29, 0.717) is 6.54 Å². The molecule has 0 radical (unpaired) electrons. The second-order valence-corrected chi connectivity index (χ2v) is 5.51. The molecule has 0 bridgehead atoms. The van der Waals surface area contributed by atoms with Crippen molar-refractivity contribution >= 4 is 17.4 Å². The standard InChI is InChI=1S/C16H20N4O/c1-12-6-3-4-7-14(12)17-15(21)11-19-8-5-9-20-16(19)10-13(2)18-20/h3-4,6-7,10H,5,8-9,11H2,1-2H3,(H,17,21). The maximum Gasteiger partial charge on any atom is 0.243 e. The molecule has 0 spiro atoms. The highest BCUT2D eigenvalue weighted by molar-refractivity contribution is 5.94. The van der Waals surface area contributed by atoms with Crippen LogP contribution in [-0.2, 0) is 11.3 Å². The third-order valence-electron chi connectivity index (χ3n) is 3.76. The Morgan fingerprint density at radius 1 is 1.29 bits per heavy atom. The van der Waals surface area contributed by atoms with E-state index in [2.05, 4.69) is 15.3 Å². The summed E-state index contributed by atoms with van der Waals surface area (Å²) in [6, 6.07) is 9.87. The molecule has 2 heterocycles. The van der Waals surface area contributed by atoms with Gasteiger partial charge in [0, 0.05) is 24.8 Å². The molecule has 0 fully saturated rings. The average molecular weight is 284 g/mol. The molecular weight excluding hydrogens is 264 g/mol. The molecule has 5 heteroatoms. The number of nitrogens with zero attached hydrogens (tertiary/aromatic N) is 3. The Balaban J connectivity index is 1.70. The molecule has 0 atom stereocenters. The second-order valence-electron chi connectivity index (χ2n) is 5.51. The first-order valence-electron chi connectivity index (χ1n) is 7.28. The number of amides is 1. The number of nitrogens with one attached hydrogen (secondary N) is 1. The highest BCUT2D eigenvalue weighted by Gasteiger charge is 2.20. The van der Waals surface area contributed by atoms with Crippen LogP contribution < -0.4 is 10.2 Å². The molecule has 1 aliphatic rings. The van der Waals surface area contributed by atoms with Gasteiger partial charge in [0.25, 0.3) is 0 Å². The van der Waals surface area contributed by atoms with Crippen molar-refractivity contribution in [2.45, 2.75) is 26.8 Å². The van der Waals surface area contributed by atoms with E-state index in [9.17, 15) is 4.79 Å². The number of hydrogen-bond donors (Lipinski definition) is 1. The Labute approximate surface area is 124 Å². The summed E-state index contributed by atoms with van der Waals surface area (Å²) in [5.74, 6) is 1.05. The topological polar surface area (TPSA) is 50.2 Å². The number of hydrogen-bond acceptors (Lipinski definition) is 3. The van der Waals surface area contributed by atoms with E-state index >= 15 is 0 Å². The third kappa shape index (κ3) is 2.91. The molecule has 110 valence electrons. The maximum atomic E-state index is 12.3. The van der Waals surface area contributed by atoms with E-state index < -0.39 is 0 Å². The summed E-state index contributed by atoms with van der Waals surface area (Å²) in [5, 5.41) is 7.43. The fourth-order valence-electron chi connectivity index (χ4n) is 2.71. The molecule has 2 aromatic rings. The molecule has 0 saturated heterocycles. The highest BCUT2D eigenvalue weighted by Crippen LogP contribution is 2.21. The van der Waals surface area contributed by atoms with Crippen LogP contribution in [-0.4, -0.2) is 28.8 Å². The van der Waals surface area contributed by atoms with Gasteiger partial charge in [-0.25, -0.2) is 4.68 Å². The van der Waals surface area contributed by atoms with Crippen LogP contribution in [0.15, 0.2) is 30.3 Å². The van der Waals surface area contributed by atoms with Crippen LogP contribution in [0, 0.1) is 13.8 Å². The summed E-state index contributed by atoms with van der Waals surface area (Å²) in [6.45, 7) is 6.16. The molecule has 1 N–H and O–H groups in total. The summed E-state index contributed by atoms with van der Waals surface area (Å²) in [5.41, 5.74) is 2.95. The van der Waals surface area contributed by atoms with Crippen molar-refractivity contribution < 1.29 is 4.79 Å². The Morgan fingerprint density at radius 3 is 2.90 bits per heavy atom. The minimum atomic E-state index is 0.0107. The number of rotatable bonds is 3. The summed E-state index contributed by atoms with van der Waals surface area (Å²) < 4.78 is 1.99. The lowest BCUT2D eigenvalue weighted by Crippen LogP contribution is -2.38. The van der Waals surface area contributed by atoms with Gasteiger partial charge in [-0.05, 0) is 31.9 Å². The monoisotopic (exact) mass is 284 g/mol. The number of carbonyl (C=O) groups is 1. The highest BCUT2D eigenvalue weighted by atomic mass is 16.2. The van der Waals surface area contributed by atoms with E-state index in [1.807, 2.05) is 48.9 Å². The third-order valence-corrected chi connectivity index (χ3v) is 3.76. The smallest absolute Gasteiger partial charge is 0.243 e. The van der Waals surface area contributed by atoms with E-state index in [0.717, 1.165) is 42.3 Å². The molecule has 0 unspecified atom stereocenters. The van der Waals surface area contributed by atoms with E-state index in [1.54, 1.807) is 0 Å². The Bertz CT molecular complexity index is 662. The molecular formula is C16H20N4O. The zero-order valence-corrected chi connectivity index (χ0v) is 12.5. The van der Waals surface area contributed by atoms with Gasteiger partial charge in [-0.15, -0.1) is 0 Å². The molecule has 3 rings (SSSR count). The van der Waals surface area contributed by atoms with Gasteiger partial charge in [0.15, 0.2) is 0 Å². The fourth-order valence-corrected chi connectivity index (χ4v) is 2.71. The zero-order chi connectivity index (χ0) is 14.8. The van der Waals surface area contributed by atoms with Crippen molar-refractivity contribution in [2.75, 3.05) is 23.3 Å². The first-order chi connectivity index (χ1) is 10.1. The average Bonchev–Trinajstić information content (AvgIpc) is 2.83. The molecule has 1 amide bonds. The predicted octanol–water partition coefficient (Wildman–Crippen LogP) is 2.35. The summed E-state index contributed by atoms with van der Waals surface area (Å²) in [4.78, 5) is 14.4. The van der Waals surface area contributed by atoms with Crippen LogP contribution in [0.3, 0.4) is 0 Å². The van der Waals surface area contributed by atoms with E-state index in [4.69, 9.17) is 0 Å². The second kappa shape index (κ2) is 5.60. The lowest BCUT2D eigenvalue weighted by molar-refractivity contribution is -0.115. The normalized spacial score (nSPS) is 13.9. The largest absolute Gasteiger partial charge is 0.347 e. The molecule has 1 aliphatic heterocycles. The lowest BCUT2D eigenvalue weighted by Gasteiger charge is -2.28. The number of para-hydroxylation sites is 1. The molecule has 1 aromatic heterocycles. The number of fused-ring (bicyclic) bond motifs is 1. The minimum Gasteiger partial charge on any atom is -0.347 e. The van der Waals surface area contributed by atoms with Crippen molar-refractivity contribution in [3.05, 3.63) is 41.6 Å². The zero-order valence-electron chi connectivity index (χ0n) is 12.5. The molecule has 0 aliphatic carbocycles. The summed E-state index contributed by atoms with van der Waals surface area (Å²) >= 11 is 0. The van der Waals surface area contributed by atoms with Crippen molar-refractivity contribution in [3.8, 4) is 0 Å². The van der Waals surface area contributed by atoms with Gasteiger partial charge in [-0.2, -0.15) is 5.10 Å². The van der Waals surface area contributed by atoms with Gasteiger partial charge < -0.3 is 10.2 Å². The SMILES string of the molecule is Cc1cc2n(n1)CCCN2CC(=O)Nc1ccccc1C. The van der Waals surface area contributed by atoms with Crippen molar-refractivity contribution in [2.24, 2.45) is 0 Å². The Hall–Kier alpha value is -2.30. The molecule has 21 heavy (non-hydrogen) atoms. The number of benzene rings is 1. The van der Waals surface area contributed by atoms with Gasteiger partial charge in [0.1, 0.15) is 5.82 Å². The van der Waals surface area contributed by atoms with Crippen molar-refractivity contribution in [1.29, 1.82) is 0 Å². The van der Waals surface area contributed by atoms with Gasteiger partial charge in [0.2, 0.25) is 5.91 Å². The molecule has 1 aromatic carbocycles. The molecule has 0 saturated carbocycles. The minimum absolute atomic E-state index is 0.0107. The van der Waals surface area contributed by atoms with Crippen LogP contribution in [0.4, 0.5) is 11.5 Å². The Kier molecular flexibility index (Phi) is 3.64. The van der Waals surface area contributed by atoms with Gasteiger partial charge in [0.05, 0.1) is 12.2 Å². The van der Waals surface area contributed by atoms with E-state index in [-0.39, 0.29) is 5.91 Å². The number of carbonyl (C=O) groups excluding carboxylic acids is 1. The summed E-state index contributed by atoms with van der Waals surface area (Å²) in [7, 11) is 0. The maximum absolute atomic E-state index is 12.3. The van der Waals surface area contributed by atoms with Gasteiger partial charge >= 0.3 is 0 Å². The van der Waals surface area contributed by atoms with Crippen molar-refractivity contribution in [3.63, 3.8) is 0 Å². The predicted molar refractivity (Wildman–Crippen MR) is 83.6 cm³/mol. The van der Waals surface area contributed by atoms with Crippen LogP contribution in [0.25, 0.3) is 0 Å². The van der Waals surface area contributed by atoms with Crippen LogP contribution >= 0.6 is 0 Å². The quantitative estimate of drug-likeness (QED) is 0.941. The summed E-state index contributed by atoms with van der Waals surface area (Å²) in [6.07, 6.45) is 1.02. The first kappa shape index (κ1) is 13.7. The number of anilines is 2. The van der Waals surface area contributed by atoms with Crippen LogP contribution in [0.1, 0.15) is 17.7 Å². The van der Waals surface area contributed by atoms with E-state index in [1.165, 1.54) is 0 Å². The molecule has 5 nitrogen and oxygen atoms in total. The van der Waals surface area contributed by atoms with Crippen LogP contribution in [0.2, 0.25) is 0 Å². The number of aromatic nitrogens is 2. The van der Waals surface area contributed by atoms with Gasteiger partial charge in [-0.3, -0.25) is 4.79 Å². The van der Waals surface area contributed by atoms with Gasteiger partial charge in [-0.1, -0.05) is 18.2 Å². The van der Waals surface area contributed by atoms with Crippen LogP contribution in [0.5, 0.6) is 0 Å².